The van der Waals surface area contributed by atoms with E-state index in [1.807, 2.05) is 32.4 Å². The van der Waals surface area contributed by atoms with Crippen LogP contribution in [0.1, 0.15) is 12.1 Å². The summed E-state index contributed by atoms with van der Waals surface area (Å²) in [4.78, 5) is 16.3. The zero-order valence-corrected chi connectivity index (χ0v) is 8.71. The van der Waals surface area contributed by atoms with Crippen LogP contribution in [-0.4, -0.2) is 36.4 Å². The minimum Gasteiger partial charge on any atom is -0.364 e. The topological polar surface area (TPSA) is 48.1 Å². The van der Waals surface area contributed by atoms with Crippen molar-refractivity contribution in [2.45, 2.75) is 13.0 Å². The predicted molar refractivity (Wildman–Crippen MR) is 55.8 cm³/mol. The van der Waals surface area contributed by atoms with Crippen LogP contribution in [0.3, 0.4) is 0 Å². The van der Waals surface area contributed by atoms with E-state index >= 15 is 0 Å². The van der Waals surface area contributed by atoms with Crippen LogP contribution in [0, 0.1) is 0 Å². The predicted octanol–water partition coefficient (Wildman–Crippen LogP) is 0.583. The fraction of sp³-hybridized carbons (Fsp3) is 0.500. The third kappa shape index (κ3) is 3.22. The van der Waals surface area contributed by atoms with Crippen molar-refractivity contribution in [3.05, 3.63) is 24.0 Å². The molecule has 0 unspecified atom stereocenters. The van der Waals surface area contributed by atoms with Crippen molar-refractivity contribution >= 4 is 5.91 Å². The molecule has 0 fully saturated rings. The van der Waals surface area contributed by atoms with Gasteiger partial charge in [-0.15, -0.1) is 0 Å². The minimum atomic E-state index is 0.161. The molecule has 1 rings (SSSR count). The summed E-state index contributed by atoms with van der Waals surface area (Å²) in [6, 6.07) is 3.91. The van der Waals surface area contributed by atoms with Gasteiger partial charge < -0.3 is 15.2 Å². The average Bonchev–Trinajstić information content (AvgIpc) is 2.66. The third-order valence-corrected chi connectivity index (χ3v) is 2.08. The highest BCUT2D eigenvalue weighted by Gasteiger charge is 2.08. The van der Waals surface area contributed by atoms with Crippen molar-refractivity contribution in [1.82, 2.24) is 15.2 Å². The SMILES string of the molecule is CNCCC(=O)N(C)Cc1ccc[nH]1. The van der Waals surface area contributed by atoms with Gasteiger partial charge in [-0.1, -0.05) is 0 Å². The van der Waals surface area contributed by atoms with Gasteiger partial charge >= 0.3 is 0 Å². The largest absolute Gasteiger partial charge is 0.364 e. The molecule has 2 N–H and O–H groups in total. The maximum atomic E-state index is 11.5. The van der Waals surface area contributed by atoms with Crippen LogP contribution in [0.25, 0.3) is 0 Å². The molecule has 0 bridgehead atoms. The molecular formula is C10H17N3O. The van der Waals surface area contributed by atoms with Gasteiger partial charge in [0.25, 0.3) is 0 Å². The number of nitrogens with zero attached hydrogens (tertiary/aromatic N) is 1. The van der Waals surface area contributed by atoms with Crippen LogP contribution in [0.5, 0.6) is 0 Å². The van der Waals surface area contributed by atoms with Gasteiger partial charge in [0, 0.05) is 31.9 Å². The van der Waals surface area contributed by atoms with Crippen molar-refractivity contribution in [2.75, 3.05) is 20.6 Å². The molecule has 0 saturated carbocycles. The first kappa shape index (κ1) is 10.8. The smallest absolute Gasteiger partial charge is 0.223 e. The molecular weight excluding hydrogens is 178 g/mol. The van der Waals surface area contributed by atoms with Crippen molar-refractivity contribution in [3.63, 3.8) is 0 Å². The average molecular weight is 195 g/mol. The molecule has 0 aliphatic rings. The second-order valence-electron chi connectivity index (χ2n) is 3.30. The summed E-state index contributed by atoms with van der Waals surface area (Å²) in [5.41, 5.74) is 1.06. The molecule has 0 radical (unpaired) electrons. The lowest BCUT2D eigenvalue weighted by atomic mass is 10.3. The van der Waals surface area contributed by atoms with Gasteiger partial charge in [-0.25, -0.2) is 0 Å². The molecule has 0 aromatic carbocycles. The molecule has 0 saturated heterocycles. The fourth-order valence-electron chi connectivity index (χ4n) is 1.23. The van der Waals surface area contributed by atoms with Crippen LogP contribution in [0.4, 0.5) is 0 Å². The summed E-state index contributed by atoms with van der Waals surface area (Å²) < 4.78 is 0. The van der Waals surface area contributed by atoms with Gasteiger partial charge in [0.1, 0.15) is 0 Å². The van der Waals surface area contributed by atoms with Crippen LogP contribution in [0.2, 0.25) is 0 Å². The molecule has 4 heteroatoms. The van der Waals surface area contributed by atoms with E-state index in [-0.39, 0.29) is 5.91 Å². The Balaban J connectivity index is 2.34. The van der Waals surface area contributed by atoms with E-state index in [1.54, 1.807) is 4.90 Å². The van der Waals surface area contributed by atoms with E-state index in [9.17, 15) is 4.79 Å². The van der Waals surface area contributed by atoms with Gasteiger partial charge in [-0.3, -0.25) is 4.79 Å². The highest BCUT2D eigenvalue weighted by Crippen LogP contribution is 2.00. The molecule has 1 aromatic rings. The first-order valence-electron chi connectivity index (χ1n) is 4.75. The van der Waals surface area contributed by atoms with E-state index in [4.69, 9.17) is 0 Å². The molecule has 4 nitrogen and oxygen atoms in total. The summed E-state index contributed by atoms with van der Waals surface area (Å²) in [6.45, 7) is 1.38. The number of aromatic amines is 1. The van der Waals surface area contributed by atoms with Gasteiger partial charge in [0.2, 0.25) is 5.91 Å². The Kier molecular flexibility index (Phi) is 4.19. The second-order valence-corrected chi connectivity index (χ2v) is 3.30. The normalized spacial score (nSPS) is 10.1. The Labute approximate surface area is 84.3 Å². The zero-order valence-electron chi connectivity index (χ0n) is 8.71. The monoisotopic (exact) mass is 195 g/mol. The molecule has 1 heterocycles. The minimum absolute atomic E-state index is 0.161. The number of hydrogen-bond donors (Lipinski definition) is 2. The molecule has 0 atom stereocenters. The Morgan fingerprint density at radius 2 is 2.43 bits per heavy atom. The van der Waals surface area contributed by atoms with Crippen molar-refractivity contribution in [2.24, 2.45) is 0 Å². The summed E-state index contributed by atoms with van der Waals surface area (Å²) in [7, 11) is 3.66. The number of hydrogen-bond acceptors (Lipinski definition) is 2. The molecule has 78 valence electrons. The quantitative estimate of drug-likeness (QED) is 0.722. The lowest BCUT2D eigenvalue weighted by Crippen LogP contribution is -2.28. The van der Waals surface area contributed by atoms with Gasteiger partial charge in [-0.05, 0) is 19.2 Å². The Morgan fingerprint density at radius 3 is 3.00 bits per heavy atom. The Hall–Kier alpha value is -1.29. The number of rotatable bonds is 5. The highest BCUT2D eigenvalue weighted by molar-refractivity contribution is 5.75. The highest BCUT2D eigenvalue weighted by atomic mass is 16.2. The van der Waals surface area contributed by atoms with E-state index in [0.29, 0.717) is 13.0 Å². The second kappa shape index (κ2) is 5.44. The molecule has 14 heavy (non-hydrogen) atoms. The van der Waals surface area contributed by atoms with Gasteiger partial charge in [-0.2, -0.15) is 0 Å². The van der Waals surface area contributed by atoms with Crippen LogP contribution >= 0.6 is 0 Å². The molecule has 0 aliphatic heterocycles. The van der Waals surface area contributed by atoms with E-state index in [0.717, 1.165) is 12.2 Å². The number of aromatic nitrogens is 1. The number of nitrogens with one attached hydrogen (secondary N) is 2. The first-order valence-corrected chi connectivity index (χ1v) is 4.75. The number of carbonyl (C=O) groups is 1. The molecule has 0 spiro atoms. The lowest BCUT2D eigenvalue weighted by molar-refractivity contribution is -0.130. The number of carbonyl (C=O) groups excluding carboxylic acids is 1. The van der Waals surface area contributed by atoms with E-state index in [1.165, 1.54) is 0 Å². The fourth-order valence-corrected chi connectivity index (χ4v) is 1.23. The van der Waals surface area contributed by atoms with E-state index in [2.05, 4.69) is 10.3 Å². The standard InChI is InChI=1S/C10H17N3O/c1-11-7-5-10(14)13(2)8-9-4-3-6-12-9/h3-4,6,11-12H,5,7-8H2,1-2H3. The van der Waals surface area contributed by atoms with Crippen LogP contribution in [-0.2, 0) is 11.3 Å². The van der Waals surface area contributed by atoms with Crippen LogP contribution in [0.15, 0.2) is 18.3 Å². The number of amides is 1. The number of H-pyrrole nitrogens is 1. The van der Waals surface area contributed by atoms with Crippen molar-refractivity contribution in [3.8, 4) is 0 Å². The van der Waals surface area contributed by atoms with Crippen LogP contribution < -0.4 is 5.32 Å². The Morgan fingerprint density at radius 1 is 1.64 bits per heavy atom. The maximum Gasteiger partial charge on any atom is 0.223 e. The maximum absolute atomic E-state index is 11.5. The van der Waals surface area contributed by atoms with Gasteiger partial charge in [0.05, 0.1) is 6.54 Å². The lowest BCUT2D eigenvalue weighted by Gasteiger charge is -2.16. The third-order valence-electron chi connectivity index (χ3n) is 2.08. The summed E-state index contributed by atoms with van der Waals surface area (Å²) in [6.07, 6.45) is 2.41. The van der Waals surface area contributed by atoms with Gasteiger partial charge in [0.15, 0.2) is 0 Å². The summed E-state index contributed by atoms with van der Waals surface area (Å²) in [5.74, 6) is 0.161. The van der Waals surface area contributed by atoms with Crippen molar-refractivity contribution in [1.29, 1.82) is 0 Å². The first-order chi connectivity index (χ1) is 6.74. The summed E-state index contributed by atoms with van der Waals surface area (Å²) >= 11 is 0. The molecule has 1 aromatic heterocycles. The Bertz CT molecular complexity index is 269. The molecule has 0 aliphatic carbocycles. The summed E-state index contributed by atoms with van der Waals surface area (Å²) in [5, 5.41) is 2.96. The van der Waals surface area contributed by atoms with Crippen molar-refractivity contribution < 1.29 is 4.79 Å². The zero-order chi connectivity index (χ0) is 10.4. The molecule has 1 amide bonds. The van der Waals surface area contributed by atoms with E-state index < -0.39 is 0 Å².